The molecule has 0 aromatic heterocycles. The lowest BCUT2D eigenvalue weighted by Crippen LogP contribution is -2.19. The highest BCUT2D eigenvalue weighted by Crippen LogP contribution is 2.41. The predicted octanol–water partition coefficient (Wildman–Crippen LogP) is 12.1. The summed E-state index contributed by atoms with van der Waals surface area (Å²) in [7, 11) is 0. The zero-order valence-electron chi connectivity index (χ0n) is 27.2. The molecule has 0 radical (unpaired) electrons. The van der Waals surface area contributed by atoms with Gasteiger partial charge in [-0.2, -0.15) is 0 Å². The van der Waals surface area contributed by atoms with Crippen LogP contribution < -0.4 is 0 Å². The molecule has 2 aliphatic rings. The Labute approximate surface area is 247 Å². The molecule has 0 bridgehead atoms. The smallest absolute Gasteiger partial charge is 0.000724 e. The highest BCUT2D eigenvalue weighted by Gasteiger charge is 2.27. The molecule has 0 atom stereocenters. The van der Waals surface area contributed by atoms with Gasteiger partial charge in [0.15, 0.2) is 0 Å². The van der Waals surface area contributed by atoms with Crippen LogP contribution in [0.2, 0.25) is 0 Å². The van der Waals surface area contributed by atoms with Crippen LogP contribution in [0.25, 0.3) is 0 Å². The van der Waals surface area contributed by atoms with Gasteiger partial charge in [0.25, 0.3) is 0 Å². The summed E-state index contributed by atoms with van der Waals surface area (Å²) in [6, 6.07) is 0. The first-order chi connectivity index (χ1) is 18.8. The molecule has 0 nitrogen and oxygen atoms in total. The lowest BCUT2D eigenvalue weighted by Gasteiger charge is -2.32. The summed E-state index contributed by atoms with van der Waals surface area (Å²) in [4.78, 5) is 0. The van der Waals surface area contributed by atoms with Crippen molar-refractivity contribution in [1.29, 1.82) is 0 Å². The van der Waals surface area contributed by atoms with Gasteiger partial charge >= 0.3 is 0 Å². The van der Waals surface area contributed by atoms with Gasteiger partial charge in [-0.15, -0.1) is 0 Å². The molecule has 214 valence electrons. The molecule has 0 heterocycles. The normalized spacial score (nSPS) is 21.4. The Bertz CT molecular complexity index is 1270. The van der Waals surface area contributed by atoms with Gasteiger partial charge in [0, 0.05) is 0 Å². The van der Waals surface area contributed by atoms with E-state index in [1.807, 2.05) is 6.08 Å². The fraction of sp³-hybridized carbons (Fsp3) is 0.450. The van der Waals surface area contributed by atoms with Crippen LogP contribution in [0.3, 0.4) is 0 Å². The first-order valence-electron chi connectivity index (χ1n) is 15.1. The van der Waals surface area contributed by atoms with E-state index < -0.39 is 0 Å². The molecule has 0 aromatic carbocycles. The molecule has 0 fully saturated rings. The van der Waals surface area contributed by atoms with E-state index in [1.165, 1.54) is 72.0 Å². The van der Waals surface area contributed by atoms with Crippen LogP contribution in [-0.4, -0.2) is 0 Å². The lowest BCUT2D eigenvalue weighted by atomic mass is 9.72. The highest BCUT2D eigenvalue weighted by molar-refractivity contribution is 5.41. The molecule has 40 heavy (non-hydrogen) atoms. The summed E-state index contributed by atoms with van der Waals surface area (Å²) in [5, 5.41) is 0. The molecular weight excluding hydrogens is 480 g/mol. The molecular formula is C40H54. The minimum absolute atomic E-state index is 0.273. The van der Waals surface area contributed by atoms with E-state index in [0.717, 1.165) is 5.57 Å². The number of rotatable bonds is 8. The van der Waals surface area contributed by atoms with E-state index in [2.05, 4.69) is 148 Å². The maximum Gasteiger partial charge on any atom is -0.000724 e. The second-order valence-corrected chi connectivity index (χ2v) is 13.1. The fourth-order valence-electron chi connectivity index (χ4n) is 5.67. The van der Waals surface area contributed by atoms with Gasteiger partial charge in [-0.25, -0.2) is 0 Å². The first kappa shape index (κ1) is 33.2. The van der Waals surface area contributed by atoms with E-state index in [0.29, 0.717) is 0 Å². The average Bonchev–Trinajstić information content (AvgIpc) is 2.85. The van der Waals surface area contributed by atoms with Crippen molar-refractivity contribution in [3.63, 3.8) is 0 Å². The van der Waals surface area contributed by atoms with Gasteiger partial charge in [-0.1, -0.05) is 129 Å². The van der Waals surface area contributed by atoms with Crippen molar-refractivity contribution in [3.05, 3.63) is 117 Å². The largest absolute Gasteiger partial charge is 0.0697 e. The molecule has 2 rings (SSSR count). The van der Waals surface area contributed by atoms with Crippen LogP contribution in [0.15, 0.2) is 117 Å². The van der Waals surface area contributed by atoms with Gasteiger partial charge in [0.2, 0.25) is 0 Å². The Morgan fingerprint density at radius 3 is 1.65 bits per heavy atom. The van der Waals surface area contributed by atoms with Crippen LogP contribution in [-0.2, 0) is 0 Å². The number of hydrogen-bond acceptors (Lipinski definition) is 0. The third-order valence-electron chi connectivity index (χ3n) is 8.21. The maximum atomic E-state index is 3.24. The number of allylic oxidation sites excluding steroid dienone is 20. The van der Waals surface area contributed by atoms with Gasteiger partial charge in [-0.3, -0.25) is 0 Å². The van der Waals surface area contributed by atoms with Crippen molar-refractivity contribution in [3.8, 4) is 11.8 Å². The Morgan fingerprint density at radius 1 is 0.625 bits per heavy atom. The summed E-state index contributed by atoms with van der Waals surface area (Å²) in [5.41, 5.74) is 11.4. The van der Waals surface area contributed by atoms with E-state index >= 15 is 0 Å². The molecule has 0 heteroatoms. The third-order valence-corrected chi connectivity index (χ3v) is 8.21. The zero-order chi connectivity index (χ0) is 29.8. The molecule has 2 aliphatic carbocycles. The van der Waals surface area contributed by atoms with E-state index in [-0.39, 0.29) is 10.8 Å². The summed E-state index contributed by atoms with van der Waals surface area (Å²) in [5.74, 6) is 6.45. The second-order valence-electron chi connectivity index (χ2n) is 13.1. The van der Waals surface area contributed by atoms with E-state index in [1.54, 1.807) is 5.57 Å². The molecule has 0 N–H and O–H groups in total. The van der Waals surface area contributed by atoms with Crippen LogP contribution in [0.4, 0.5) is 0 Å². The van der Waals surface area contributed by atoms with Gasteiger partial charge in [-0.05, 0) is 119 Å². The molecule has 0 aromatic rings. The third kappa shape index (κ3) is 11.2. The van der Waals surface area contributed by atoms with Crippen LogP contribution in [0.1, 0.15) is 108 Å². The van der Waals surface area contributed by atoms with Crippen molar-refractivity contribution in [1.82, 2.24) is 0 Å². The lowest BCUT2D eigenvalue weighted by molar-refractivity contribution is 0.376. The summed E-state index contributed by atoms with van der Waals surface area (Å²) in [6.07, 6.45) is 33.5. The average molecular weight is 535 g/mol. The van der Waals surface area contributed by atoms with Gasteiger partial charge < -0.3 is 0 Å². The van der Waals surface area contributed by atoms with Gasteiger partial charge in [0.05, 0.1) is 0 Å². The minimum Gasteiger partial charge on any atom is -0.0697 e. The Morgan fingerprint density at radius 2 is 1.10 bits per heavy atom. The standard InChI is InChI=1S/C40H54/c1-31(19-13-21-33(3)25-27-37-35(5)23-15-29-39(37,7)8)17-11-12-18-32(2)20-14-22-34(4)26-28-38-36(6)24-16-30-40(38,9)10/h11-13,17-19,21-22,25-28H,15-16,23-24,29-30H2,1-10H3/b12-11-,19-13+,27-25+,28-26+,31-17-,32-18+,33-21+,34-22+. The van der Waals surface area contributed by atoms with Crippen molar-refractivity contribution in [2.24, 2.45) is 10.8 Å². The topological polar surface area (TPSA) is 0 Å². The Hall–Kier alpha value is -3.04. The molecule has 0 saturated carbocycles. The Kier molecular flexibility index (Phi) is 13.0. The first-order valence-corrected chi connectivity index (χ1v) is 15.1. The molecule has 0 saturated heterocycles. The summed E-state index contributed by atoms with van der Waals surface area (Å²) in [6.45, 7) is 22.5. The van der Waals surface area contributed by atoms with Crippen molar-refractivity contribution in [2.75, 3.05) is 0 Å². The van der Waals surface area contributed by atoms with Crippen LogP contribution in [0, 0.1) is 22.7 Å². The summed E-state index contributed by atoms with van der Waals surface area (Å²) < 4.78 is 0. The second kappa shape index (κ2) is 15.7. The monoisotopic (exact) mass is 534 g/mol. The molecule has 0 amide bonds. The van der Waals surface area contributed by atoms with Crippen LogP contribution >= 0.6 is 0 Å². The molecule has 0 aliphatic heterocycles. The number of hydrogen-bond donors (Lipinski definition) is 0. The van der Waals surface area contributed by atoms with E-state index in [4.69, 9.17) is 0 Å². The van der Waals surface area contributed by atoms with Gasteiger partial charge in [0.1, 0.15) is 0 Å². The Balaban J connectivity index is 1.91. The van der Waals surface area contributed by atoms with Crippen molar-refractivity contribution >= 4 is 0 Å². The van der Waals surface area contributed by atoms with Crippen LogP contribution in [0.5, 0.6) is 0 Å². The molecule has 0 spiro atoms. The summed E-state index contributed by atoms with van der Waals surface area (Å²) >= 11 is 0. The molecule has 0 unspecified atom stereocenters. The SMILES string of the molecule is CC1=C(/C=C/C(C)=C/C#C/C(C)=C/C=C\C=C(C)/C=C/C=C(C)/C=C/C2=C(C)CCCC2(C)C)C(C)(C)CCC1. The zero-order valence-corrected chi connectivity index (χ0v) is 27.2. The maximum absolute atomic E-state index is 3.24. The van der Waals surface area contributed by atoms with Crippen molar-refractivity contribution < 1.29 is 0 Å². The highest BCUT2D eigenvalue weighted by atomic mass is 14.3. The minimum atomic E-state index is 0.273. The fourth-order valence-corrected chi connectivity index (χ4v) is 5.67. The van der Waals surface area contributed by atoms with Crippen molar-refractivity contribution in [2.45, 2.75) is 108 Å². The van der Waals surface area contributed by atoms with E-state index in [9.17, 15) is 0 Å². The quantitative estimate of drug-likeness (QED) is 0.214. The predicted molar refractivity (Wildman–Crippen MR) is 180 cm³/mol.